The van der Waals surface area contributed by atoms with Gasteiger partial charge >= 0.3 is 155 Å². The zero-order valence-corrected chi connectivity index (χ0v) is 17.2. The summed E-state index contributed by atoms with van der Waals surface area (Å²) in [6.07, 6.45) is 22.5. The number of fused-ring (bicyclic) bond motifs is 2. The molecule has 1 atom stereocenters. The average molecular weight is 424 g/mol. The molecule has 4 aliphatic carbocycles. The summed E-state index contributed by atoms with van der Waals surface area (Å²) in [5, 5.41) is 0. The summed E-state index contributed by atoms with van der Waals surface area (Å²) in [6, 6.07) is 0. The molecule has 0 saturated carbocycles. The maximum absolute atomic E-state index is 6.62. The first-order chi connectivity index (χ1) is 11.2. The molecule has 0 bridgehead atoms. The van der Waals surface area contributed by atoms with Crippen LogP contribution in [0.5, 0.6) is 0 Å². The summed E-state index contributed by atoms with van der Waals surface area (Å²) in [6.45, 7) is 0. The monoisotopic (exact) mass is 421 g/mol. The predicted molar refractivity (Wildman–Crippen MR) is 96.3 cm³/mol. The summed E-state index contributed by atoms with van der Waals surface area (Å²) >= 11 is -2.40. The van der Waals surface area contributed by atoms with Crippen molar-refractivity contribution < 1.29 is 19.4 Å². The van der Waals surface area contributed by atoms with E-state index < -0.39 is 19.4 Å². The van der Waals surface area contributed by atoms with Crippen LogP contribution in [0, 0.1) is 0 Å². The van der Waals surface area contributed by atoms with Crippen LogP contribution in [0.3, 0.4) is 0 Å². The molecule has 0 aromatic carbocycles. The van der Waals surface area contributed by atoms with Gasteiger partial charge in [0.15, 0.2) is 0 Å². The summed E-state index contributed by atoms with van der Waals surface area (Å²) in [7, 11) is 13.2. The summed E-state index contributed by atoms with van der Waals surface area (Å²) in [5.74, 6) is 0. The van der Waals surface area contributed by atoms with Crippen LogP contribution in [0.25, 0.3) is 0 Å². The summed E-state index contributed by atoms with van der Waals surface area (Å²) in [5.41, 5.74) is 8.88. The zero-order chi connectivity index (χ0) is 15.8. The maximum atomic E-state index is 6.62. The van der Waals surface area contributed by atoms with E-state index in [0.29, 0.717) is 3.63 Å². The Balaban J connectivity index is 1.57. The summed E-state index contributed by atoms with van der Waals surface area (Å²) < 4.78 is 0.376. The molecular weight excluding hydrogens is 402 g/mol. The first kappa shape index (κ1) is 16.4. The standard InChI is InChI=1S/C20H21.2ClH.Zr/c1-3-7-19-15(5-1)9-11-17(19)13-14-18-12-10-16-6-2-4-8-20(16)18;;;/h7-13H,1-6,14H2;2*1H;/q;;;+2/p-2. The number of allylic oxidation sites excluding steroid dienone is 12. The first-order valence-electron chi connectivity index (χ1n) is 8.64. The molecule has 0 aromatic rings. The molecule has 3 heteroatoms. The molecule has 1 unspecified atom stereocenters. The Morgan fingerprint density at radius 1 is 0.870 bits per heavy atom. The van der Waals surface area contributed by atoms with Gasteiger partial charge in [-0.15, -0.1) is 0 Å². The van der Waals surface area contributed by atoms with Crippen LogP contribution in [0.4, 0.5) is 0 Å². The van der Waals surface area contributed by atoms with Crippen molar-refractivity contribution in [2.75, 3.05) is 0 Å². The number of hydrogen-bond donors (Lipinski definition) is 0. The van der Waals surface area contributed by atoms with Crippen LogP contribution in [0.15, 0.2) is 69.9 Å². The minimum absolute atomic E-state index is 0.376. The molecular formula is C20H21Cl2Zr. The van der Waals surface area contributed by atoms with Gasteiger partial charge in [-0.05, 0) is 0 Å². The first-order valence-corrected chi connectivity index (χ1v) is 16.4. The van der Waals surface area contributed by atoms with Gasteiger partial charge in [0.2, 0.25) is 0 Å². The van der Waals surface area contributed by atoms with Crippen molar-refractivity contribution in [1.82, 2.24) is 0 Å². The van der Waals surface area contributed by atoms with E-state index in [0.717, 1.165) is 6.42 Å². The molecule has 119 valence electrons. The topological polar surface area (TPSA) is 0 Å². The number of rotatable bonds is 4. The van der Waals surface area contributed by atoms with E-state index in [2.05, 4.69) is 36.5 Å². The van der Waals surface area contributed by atoms with Crippen LogP contribution in [0.2, 0.25) is 3.63 Å². The molecule has 0 fully saturated rings. The van der Waals surface area contributed by atoms with Gasteiger partial charge in [-0.1, -0.05) is 0 Å². The van der Waals surface area contributed by atoms with Crippen LogP contribution < -0.4 is 0 Å². The Labute approximate surface area is 154 Å². The van der Waals surface area contributed by atoms with Crippen molar-refractivity contribution >= 4 is 17.0 Å². The molecule has 0 saturated heterocycles. The van der Waals surface area contributed by atoms with Crippen LogP contribution in [-0.4, -0.2) is 0 Å². The van der Waals surface area contributed by atoms with Crippen LogP contribution >= 0.6 is 17.0 Å². The molecule has 0 N–H and O–H groups in total. The van der Waals surface area contributed by atoms with E-state index in [1.807, 2.05) is 0 Å². The van der Waals surface area contributed by atoms with E-state index in [9.17, 15) is 0 Å². The fraction of sp³-hybridized carbons (Fsp3) is 0.400. The van der Waals surface area contributed by atoms with Crippen molar-refractivity contribution in [3.05, 3.63) is 69.9 Å². The van der Waals surface area contributed by atoms with Crippen molar-refractivity contribution in [3.8, 4) is 0 Å². The second-order valence-corrected chi connectivity index (χ2v) is 15.9. The molecule has 0 amide bonds. The second kappa shape index (κ2) is 7.03. The number of halogens is 2. The molecule has 23 heavy (non-hydrogen) atoms. The molecule has 4 rings (SSSR count). The van der Waals surface area contributed by atoms with Crippen molar-refractivity contribution in [1.29, 1.82) is 0 Å². The van der Waals surface area contributed by atoms with Crippen molar-refractivity contribution in [3.63, 3.8) is 0 Å². The second-order valence-electron chi connectivity index (χ2n) is 6.76. The van der Waals surface area contributed by atoms with E-state index in [4.69, 9.17) is 17.0 Å². The van der Waals surface area contributed by atoms with Crippen LogP contribution in [0.1, 0.15) is 44.9 Å². The Kier molecular flexibility index (Phi) is 5.00. The van der Waals surface area contributed by atoms with Crippen molar-refractivity contribution in [2.45, 2.75) is 48.6 Å². The molecule has 0 spiro atoms. The molecule has 0 heterocycles. The Hall–Kier alpha value is -0.0969. The van der Waals surface area contributed by atoms with E-state index in [1.54, 1.807) is 0 Å². The van der Waals surface area contributed by atoms with Gasteiger partial charge in [0.1, 0.15) is 0 Å². The Morgan fingerprint density at radius 3 is 2.26 bits per heavy atom. The SMILES string of the molecule is [Cl][Zr]([Cl])[CH](CC1=CC=C2CCCC=C21)C1=CC=C2CCCC=C21. The molecule has 0 aromatic heterocycles. The van der Waals surface area contributed by atoms with Gasteiger partial charge in [-0.3, -0.25) is 0 Å². The van der Waals surface area contributed by atoms with Gasteiger partial charge < -0.3 is 0 Å². The average Bonchev–Trinajstić information content (AvgIpc) is 3.16. The zero-order valence-electron chi connectivity index (χ0n) is 13.2. The third-order valence-electron chi connectivity index (χ3n) is 5.36. The van der Waals surface area contributed by atoms with E-state index in [1.165, 1.54) is 72.0 Å². The fourth-order valence-corrected chi connectivity index (χ4v) is 8.59. The summed E-state index contributed by atoms with van der Waals surface area (Å²) in [4.78, 5) is 0. The van der Waals surface area contributed by atoms with Crippen molar-refractivity contribution in [2.24, 2.45) is 0 Å². The molecule has 0 radical (unpaired) electrons. The van der Waals surface area contributed by atoms with Gasteiger partial charge in [-0.25, -0.2) is 0 Å². The molecule has 0 aliphatic heterocycles. The minimum atomic E-state index is -2.40. The van der Waals surface area contributed by atoms with Crippen LogP contribution in [-0.2, 0) is 19.4 Å². The Bertz CT molecular complexity index is 701. The van der Waals surface area contributed by atoms with Gasteiger partial charge in [0, 0.05) is 0 Å². The fourth-order valence-electron chi connectivity index (χ4n) is 4.17. The predicted octanol–water partition coefficient (Wildman–Crippen LogP) is 7.04. The molecule has 0 nitrogen and oxygen atoms in total. The van der Waals surface area contributed by atoms with Gasteiger partial charge in [0.25, 0.3) is 0 Å². The third-order valence-corrected chi connectivity index (χ3v) is 11.0. The molecule has 4 aliphatic rings. The van der Waals surface area contributed by atoms with E-state index >= 15 is 0 Å². The normalized spacial score (nSPS) is 23.7. The van der Waals surface area contributed by atoms with Gasteiger partial charge in [0.05, 0.1) is 0 Å². The number of hydrogen-bond acceptors (Lipinski definition) is 0. The Morgan fingerprint density at radius 2 is 1.52 bits per heavy atom. The quantitative estimate of drug-likeness (QED) is 0.455. The van der Waals surface area contributed by atoms with Gasteiger partial charge in [-0.2, -0.15) is 0 Å². The van der Waals surface area contributed by atoms with E-state index in [-0.39, 0.29) is 0 Å². The third kappa shape index (κ3) is 3.22.